The van der Waals surface area contributed by atoms with Crippen LogP contribution in [0.2, 0.25) is 0 Å². The number of carbonyl (C=O) groups is 4. The molecule has 0 saturated carbocycles. The Balaban J connectivity index is -0.0000000158. The van der Waals surface area contributed by atoms with Crippen LogP contribution in [-0.2, 0) is 38.7 Å². The van der Waals surface area contributed by atoms with Crippen molar-refractivity contribution >= 4 is 23.9 Å². The van der Waals surface area contributed by atoms with Crippen molar-refractivity contribution in [3.63, 3.8) is 0 Å². The SMILES string of the molecule is O.O=C([O-])CNCC(=O)[O-].O=C([O-])CNCC(=O)[O-].[Cl-].[Cl-].[Cl-].[H+].[H+].[H+].[H+].[Ru+3]. The number of carbonyl (C=O) groups excluding carboxylic acids is 4. The van der Waals surface area contributed by atoms with Gasteiger partial charge in [0.15, 0.2) is 0 Å². The minimum atomic E-state index is -1.34. The minimum Gasteiger partial charge on any atom is -1.00 e. The van der Waals surface area contributed by atoms with E-state index in [1.807, 2.05) is 0 Å². The van der Waals surface area contributed by atoms with Crippen molar-refractivity contribution < 1.29 is 107 Å². The molecule has 0 unspecified atom stereocenters. The van der Waals surface area contributed by atoms with Gasteiger partial charge in [0.25, 0.3) is 0 Å². The average Bonchev–Trinajstić information content (AvgIpc) is 2.15. The standard InChI is InChI=1S/2C4H7NO4.3ClH.H2O.Ru/c2*6-3(7)1-5-2-4(8)9;;;;;/h2*5H,1-2H2,(H,6,7)(H,8,9);3*1H;1H2;/q;;;;;;+3/p-3. The first-order valence-electron chi connectivity index (χ1n) is 4.46. The van der Waals surface area contributed by atoms with E-state index in [1.165, 1.54) is 0 Å². The fourth-order valence-electron chi connectivity index (χ4n) is 0.533. The maximum Gasteiger partial charge on any atom is 3.00 e. The van der Waals surface area contributed by atoms with Gasteiger partial charge >= 0.3 is 25.2 Å². The Morgan fingerprint density at radius 2 is 0.739 bits per heavy atom. The van der Waals surface area contributed by atoms with Crippen LogP contribution in [0.5, 0.6) is 0 Å². The van der Waals surface area contributed by atoms with Crippen molar-refractivity contribution in [2.75, 3.05) is 26.2 Å². The second-order valence-corrected chi connectivity index (χ2v) is 2.70. The molecule has 0 aliphatic rings. The molecule has 0 aromatic rings. The zero-order chi connectivity index (χ0) is 14.6. The summed E-state index contributed by atoms with van der Waals surface area (Å²) in [5, 5.41) is 42.5. The summed E-state index contributed by atoms with van der Waals surface area (Å²) >= 11 is 0. The van der Waals surface area contributed by atoms with E-state index in [0.29, 0.717) is 0 Å². The molecule has 0 saturated heterocycles. The Morgan fingerprint density at radius 3 is 0.826 bits per heavy atom. The van der Waals surface area contributed by atoms with Gasteiger partial charge in [-0.2, -0.15) is 0 Å². The van der Waals surface area contributed by atoms with Gasteiger partial charge in [-0.15, -0.1) is 0 Å². The van der Waals surface area contributed by atoms with E-state index in [9.17, 15) is 39.6 Å². The maximum absolute atomic E-state index is 9.59. The zero-order valence-corrected chi connectivity index (χ0v) is 15.1. The fraction of sp³-hybridized carbons (Fsp3) is 0.500. The van der Waals surface area contributed by atoms with Crippen LogP contribution < -0.4 is 68.3 Å². The number of hydrogen-bond donors (Lipinski definition) is 2. The summed E-state index contributed by atoms with van der Waals surface area (Å²) in [4.78, 5) is 38.4. The molecule has 4 N–H and O–H groups in total. The fourth-order valence-corrected chi connectivity index (χ4v) is 0.533. The number of aliphatic carboxylic acids is 4. The van der Waals surface area contributed by atoms with Gasteiger partial charge in [0.05, 0.1) is 23.9 Å². The Hall–Kier alpha value is -0.747. The van der Waals surface area contributed by atoms with Crippen molar-refractivity contribution in [2.24, 2.45) is 0 Å². The summed E-state index contributed by atoms with van der Waals surface area (Å²) in [7, 11) is 0. The largest absolute Gasteiger partial charge is 3.00 e. The number of rotatable bonds is 8. The summed E-state index contributed by atoms with van der Waals surface area (Å²) < 4.78 is 0. The van der Waals surface area contributed by atoms with E-state index in [-0.39, 0.29) is 67.9 Å². The van der Waals surface area contributed by atoms with Gasteiger partial charge in [-0.05, 0) is 0 Å². The van der Waals surface area contributed by atoms with Crippen molar-refractivity contribution in [1.29, 1.82) is 0 Å². The minimum absolute atomic E-state index is 0. The molecule has 0 aliphatic carbocycles. The van der Waals surface area contributed by atoms with E-state index >= 15 is 0 Å². The molecule has 11 nitrogen and oxygen atoms in total. The van der Waals surface area contributed by atoms with Crippen LogP contribution in [0, 0.1) is 0 Å². The summed E-state index contributed by atoms with van der Waals surface area (Å²) in [5.74, 6) is -5.35. The van der Waals surface area contributed by atoms with E-state index in [4.69, 9.17) is 0 Å². The van der Waals surface area contributed by atoms with Crippen LogP contribution in [-0.4, -0.2) is 55.5 Å². The quantitative estimate of drug-likeness (QED) is 0.305. The molecule has 0 atom stereocenters. The number of nitrogens with one attached hydrogen (secondary N) is 2. The summed E-state index contributed by atoms with van der Waals surface area (Å²) in [6.45, 7) is -1.86. The molecule has 0 amide bonds. The normalized spacial score (nSPS) is 6.96. The molecule has 23 heavy (non-hydrogen) atoms. The van der Waals surface area contributed by atoms with Gasteiger partial charge < -0.3 is 92.9 Å². The molecule has 0 fully saturated rings. The van der Waals surface area contributed by atoms with Crippen LogP contribution in [0.4, 0.5) is 0 Å². The maximum atomic E-state index is 9.59. The van der Waals surface area contributed by atoms with Crippen molar-refractivity contribution in [2.45, 2.75) is 0 Å². The molecule has 0 spiro atoms. The second-order valence-electron chi connectivity index (χ2n) is 2.70. The molecule has 0 rings (SSSR count). The number of carboxylic acid groups (broad SMARTS) is 4. The van der Waals surface area contributed by atoms with E-state index in [1.54, 1.807) is 0 Å². The molecule has 0 aromatic carbocycles. The summed E-state index contributed by atoms with van der Waals surface area (Å²) in [5.41, 5.74) is 0. The summed E-state index contributed by atoms with van der Waals surface area (Å²) in [6.07, 6.45) is 0. The first-order valence-corrected chi connectivity index (χ1v) is 4.46. The Labute approximate surface area is 168 Å². The van der Waals surface area contributed by atoms with Crippen LogP contribution in [0.3, 0.4) is 0 Å². The van der Waals surface area contributed by atoms with Crippen LogP contribution >= 0.6 is 0 Å². The third-order valence-corrected chi connectivity index (χ3v) is 1.08. The van der Waals surface area contributed by atoms with Crippen molar-refractivity contribution in [3.05, 3.63) is 0 Å². The molecular weight excluding hydrogens is 476 g/mol. The Kier molecular flexibility index (Phi) is 55.0. The van der Waals surface area contributed by atoms with Crippen LogP contribution in [0.25, 0.3) is 0 Å². The molecule has 0 aliphatic heterocycles. The van der Waals surface area contributed by atoms with Gasteiger partial charge in [-0.25, -0.2) is 0 Å². The van der Waals surface area contributed by atoms with Crippen molar-refractivity contribution in [1.82, 2.24) is 10.6 Å². The number of hydrogen-bond acceptors (Lipinski definition) is 10. The van der Waals surface area contributed by atoms with Crippen LogP contribution in [0.15, 0.2) is 0 Å². The van der Waals surface area contributed by atoms with Gasteiger partial charge in [0.1, 0.15) is 0 Å². The molecule has 141 valence electrons. The van der Waals surface area contributed by atoms with Crippen LogP contribution in [0.1, 0.15) is 5.71 Å². The Bertz CT molecular complexity index is 282. The predicted molar refractivity (Wildman–Crippen MR) is 53.8 cm³/mol. The van der Waals surface area contributed by atoms with Gasteiger partial charge in [0.2, 0.25) is 0 Å². The summed E-state index contributed by atoms with van der Waals surface area (Å²) in [6, 6.07) is 0. The first-order chi connectivity index (χ1) is 8.25. The zero-order valence-electron chi connectivity index (χ0n) is 15.1. The molecule has 1 radical (unpaired) electrons. The number of halogens is 3. The van der Waals surface area contributed by atoms with Gasteiger partial charge in [-0.3, -0.25) is 0 Å². The van der Waals surface area contributed by atoms with E-state index < -0.39 is 50.1 Å². The first kappa shape index (κ1) is 43.2. The molecule has 15 heteroatoms. The average molecular weight is 492 g/mol. The van der Waals surface area contributed by atoms with Crippen molar-refractivity contribution in [3.8, 4) is 0 Å². The van der Waals surface area contributed by atoms with Gasteiger partial charge in [0, 0.05) is 26.2 Å². The smallest absolute Gasteiger partial charge is 1.00 e. The number of carboxylic acids is 4. The molecular formula is C8H16Cl3N2O9Ru. The predicted octanol–water partition coefficient (Wildman–Crippen LogP) is -17.2. The van der Waals surface area contributed by atoms with E-state index in [0.717, 1.165) is 0 Å². The van der Waals surface area contributed by atoms with E-state index in [2.05, 4.69) is 10.6 Å². The molecule has 0 aromatic heterocycles. The topological polar surface area (TPSA) is 216 Å². The molecule has 0 bridgehead atoms. The third-order valence-electron chi connectivity index (χ3n) is 1.08. The monoisotopic (exact) mass is 491 g/mol. The van der Waals surface area contributed by atoms with Gasteiger partial charge in [-0.1, -0.05) is 0 Å². The molecule has 0 heterocycles. The Morgan fingerprint density at radius 1 is 0.609 bits per heavy atom. The second kappa shape index (κ2) is 29.3. The third kappa shape index (κ3) is 62.2.